The summed E-state index contributed by atoms with van der Waals surface area (Å²) in [6.07, 6.45) is 11.7. The Morgan fingerprint density at radius 2 is 0.611 bits per heavy atom. The maximum absolute atomic E-state index is 13.2. The minimum absolute atomic E-state index is 0.506. The molecule has 0 N–H and O–H groups in total. The average Bonchev–Trinajstić information content (AvgIpc) is 2.84. The van der Waals surface area contributed by atoms with Crippen molar-refractivity contribution in [3.05, 3.63) is 0 Å². The first-order chi connectivity index (χ1) is 17.0. The Labute approximate surface area is 227 Å². The van der Waals surface area contributed by atoms with Crippen LogP contribution >= 0.6 is 0 Å². The van der Waals surface area contributed by atoms with Crippen molar-refractivity contribution in [3.63, 3.8) is 0 Å². The standard InChI is InChI=1S/C26H58O6S2Si2/c1-7-13-21-35(22-14-8-2,23-15-9-3)31-33(27,28)19-20-34(29,30)32-36(24-16-10-4,25-17-11-5)26-18-12-6/h7-26H2,1-6H3. The van der Waals surface area contributed by atoms with Crippen molar-refractivity contribution in [1.82, 2.24) is 0 Å². The molecule has 0 spiro atoms. The summed E-state index contributed by atoms with van der Waals surface area (Å²) in [6.45, 7) is 12.7. The molecule has 0 atom stereocenters. The van der Waals surface area contributed by atoms with Gasteiger partial charge in [-0.3, -0.25) is 0 Å². The largest absolute Gasteiger partial charge is 0.315 e. The molecule has 6 nitrogen and oxygen atoms in total. The van der Waals surface area contributed by atoms with Crippen LogP contribution in [0.2, 0.25) is 36.3 Å². The lowest BCUT2D eigenvalue weighted by Crippen LogP contribution is -2.43. The summed E-state index contributed by atoms with van der Waals surface area (Å²) in [4.78, 5) is 0. The Balaban J connectivity index is 5.66. The Morgan fingerprint density at radius 3 is 0.778 bits per heavy atom. The van der Waals surface area contributed by atoms with E-state index in [4.69, 9.17) is 7.74 Å². The lowest BCUT2D eigenvalue weighted by Gasteiger charge is -2.32. The van der Waals surface area contributed by atoms with E-state index in [0.717, 1.165) is 113 Å². The van der Waals surface area contributed by atoms with Gasteiger partial charge in [-0.2, -0.15) is 0 Å². The van der Waals surface area contributed by atoms with Crippen LogP contribution in [0.1, 0.15) is 119 Å². The molecule has 0 aromatic heterocycles. The van der Waals surface area contributed by atoms with Crippen molar-refractivity contribution in [1.29, 1.82) is 0 Å². The zero-order valence-electron chi connectivity index (χ0n) is 24.4. The second-order valence-corrected chi connectivity index (χ2v) is 22.8. The molecule has 0 saturated heterocycles. The van der Waals surface area contributed by atoms with Gasteiger partial charge in [0.25, 0.3) is 20.2 Å². The number of hydrogen-bond donors (Lipinski definition) is 0. The topological polar surface area (TPSA) is 86.7 Å². The minimum atomic E-state index is -3.95. The van der Waals surface area contributed by atoms with Crippen LogP contribution in [0.15, 0.2) is 0 Å². The highest BCUT2D eigenvalue weighted by atomic mass is 32.2. The van der Waals surface area contributed by atoms with E-state index in [1.54, 1.807) is 0 Å². The minimum Gasteiger partial charge on any atom is -0.315 e. The van der Waals surface area contributed by atoms with E-state index < -0.39 is 48.4 Å². The maximum atomic E-state index is 13.2. The Hall–Kier alpha value is 0.254. The molecule has 0 aromatic carbocycles. The summed E-state index contributed by atoms with van der Waals surface area (Å²) in [5.41, 5.74) is 0. The van der Waals surface area contributed by atoms with Crippen LogP contribution in [0.5, 0.6) is 0 Å². The van der Waals surface area contributed by atoms with Gasteiger partial charge in [-0.15, -0.1) is 0 Å². The van der Waals surface area contributed by atoms with E-state index in [0.29, 0.717) is 0 Å². The van der Waals surface area contributed by atoms with E-state index >= 15 is 0 Å². The summed E-state index contributed by atoms with van der Waals surface area (Å²) in [5.74, 6) is -1.01. The SMILES string of the molecule is CCCC[Si](CCCC)(CCCC)OS(=O)(=O)CCS(=O)(=O)O[Si](CCCC)(CCCC)CCCC. The van der Waals surface area contributed by atoms with Gasteiger partial charge < -0.3 is 7.74 Å². The fourth-order valence-corrected chi connectivity index (χ4v) is 20.9. The van der Waals surface area contributed by atoms with E-state index in [1.807, 2.05) is 0 Å². The third-order valence-electron chi connectivity index (χ3n) is 7.11. The number of unbranched alkanes of at least 4 members (excludes halogenated alkanes) is 6. The first kappa shape index (κ1) is 36.3. The van der Waals surface area contributed by atoms with Gasteiger partial charge in [-0.25, -0.2) is 16.8 Å². The van der Waals surface area contributed by atoms with E-state index in [1.165, 1.54) is 0 Å². The van der Waals surface area contributed by atoms with Gasteiger partial charge in [0, 0.05) is 0 Å². The van der Waals surface area contributed by atoms with Crippen LogP contribution in [0, 0.1) is 0 Å². The molecule has 0 unspecified atom stereocenters. The molecule has 218 valence electrons. The second kappa shape index (κ2) is 19.3. The molecule has 0 saturated carbocycles. The van der Waals surface area contributed by atoms with Gasteiger partial charge in [-0.1, -0.05) is 119 Å². The third kappa shape index (κ3) is 15.6. The molecule has 0 rings (SSSR count). The zero-order chi connectivity index (χ0) is 27.6. The highest BCUT2D eigenvalue weighted by molar-refractivity contribution is 7.91. The molecule has 36 heavy (non-hydrogen) atoms. The maximum Gasteiger partial charge on any atom is 0.258 e. The molecule has 0 radical (unpaired) electrons. The van der Waals surface area contributed by atoms with Crippen LogP contribution in [0.4, 0.5) is 0 Å². The molecule has 10 heteroatoms. The van der Waals surface area contributed by atoms with Crippen LogP contribution in [-0.2, 0) is 28.0 Å². The van der Waals surface area contributed by atoms with E-state index in [9.17, 15) is 16.8 Å². The van der Waals surface area contributed by atoms with Gasteiger partial charge in [0.05, 0.1) is 11.5 Å². The summed E-state index contributed by atoms with van der Waals surface area (Å²) in [7, 11) is -12.9. The van der Waals surface area contributed by atoms with Gasteiger partial charge in [0.15, 0.2) is 0 Å². The zero-order valence-corrected chi connectivity index (χ0v) is 28.0. The summed E-state index contributed by atoms with van der Waals surface area (Å²) in [6, 6.07) is 4.96. The smallest absolute Gasteiger partial charge is 0.258 e. The summed E-state index contributed by atoms with van der Waals surface area (Å²) >= 11 is 0. The molecule has 0 amide bonds. The fraction of sp³-hybridized carbons (Fsp3) is 1.00. The highest BCUT2D eigenvalue weighted by Crippen LogP contribution is 2.33. The molecule has 0 heterocycles. The Bertz CT molecular complexity index is 649. The van der Waals surface area contributed by atoms with Crippen molar-refractivity contribution in [3.8, 4) is 0 Å². The van der Waals surface area contributed by atoms with Crippen molar-refractivity contribution in [2.24, 2.45) is 0 Å². The molecule has 0 aliphatic carbocycles. The summed E-state index contributed by atoms with van der Waals surface area (Å²) in [5, 5.41) is 0. The first-order valence-corrected chi connectivity index (χ1v) is 23.1. The van der Waals surface area contributed by atoms with Crippen LogP contribution in [-0.4, -0.2) is 45.0 Å². The molecular weight excluding hydrogens is 529 g/mol. The quantitative estimate of drug-likeness (QED) is 0.0999. The van der Waals surface area contributed by atoms with Crippen LogP contribution in [0.3, 0.4) is 0 Å². The van der Waals surface area contributed by atoms with Crippen molar-refractivity contribution >= 4 is 36.9 Å². The van der Waals surface area contributed by atoms with Crippen molar-refractivity contribution in [2.75, 3.05) is 11.5 Å². The van der Waals surface area contributed by atoms with Crippen molar-refractivity contribution < 1.29 is 24.6 Å². The van der Waals surface area contributed by atoms with E-state index in [-0.39, 0.29) is 0 Å². The monoisotopic (exact) mass is 586 g/mol. The number of hydrogen-bond acceptors (Lipinski definition) is 6. The summed E-state index contributed by atoms with van der Waals surface area (Å²) < 4.78 is 64.8. The molecule has 0 bridgehead atoms. The lowest BCUT2D eigenvalue weighted by atomic mass is 10.4. The number of rotatable bonds is 25. The molecule has 0 aliphatic heterocycles. The fourth-order valence-electron chi connectivity index (χ4n) is 4.82. The molecule has 0 aromatic rings. The second-order valence-electron chi connectivity index (χ2n) is 10.7. The van der Waals surface area contributed by atoms with Crippen molar-refractivity contribution in [2.45, 2.75) is 155 Å². The Morgan fingerprint density at radius 1 is 0.417 bits per heavy atom. The first-order valence-electron chi connectivity index (χ1n) is 14.8. The normalized spacial score (nSPS) is 13.4. The van der Waals surface area contributed by atoms with Crippen LogP contribution < -0.4 is 0 Å². The molecule has 0 fully saturated rings. The average molecular weight is 587 g/mol. The third-order valence-corrected chi connectivity index (χ3v) is 21.2. The predicted molar refractivity (Wildman–Crippen MR) is 160 cm³/mol. The van der Waals surface area contributed by atoms with Crippen LogP contribution in [0.25, 0.3) is 0 Å². The Kier molecular flexibility index (Phi) is 19.5. The van der Waals surface area contributed by atoms with Gasteiger partial charge in [0.2, 0.25) is 16.6 Å². The predicted octanol–water partition coefficient (Wildman–Crippen LogP) is 8.37. The lowest BCUT2D eigenvalue weighted by molar-refractivity contribution is 0.456. The molecule has 0 aliphatic rings. The molecular formula is C26H58O6S2Si2. The van der Waals surface area contributed by atoms with E-state index in [2.05, 4.69) is 41.5 Å². The van der Waals surface area contributed by atoms with Gasteiger partial charge >= 0.3 is 0 Å². The highest BCUT2D eigenvalue weighted by Gasteiger charge is 2.41. The van der Waals surface area contributed by atoms with Gasteiger partial charge in [0.1, 0.15) is 0 Å². The van der Waals surface area contributed by atoms with Gasteiger partial charge in [-0.05, 0) is 36.3 Å².